The number of likely N-dealkylation sites (N-methyl/N-ethyl adjacent to an activating group) is 1. The third-order valence-corrected chi connectivity index (χ3v) is 6.71. The molecule has 4 atom stereocenters. The van der Waals surface area contributed by atoms with Gasteiger partial charge in [-0.3, -0.25) is 0 Å². The lowest BCUT2D eigenvalue weighted by atomic mass is 9.49. The van der Waals surface area contributed by atoms with Gasteiger partial charge in [-0.1, -0.05) is 6.07 Å². The topological polar surface area (TPSA) is 91.3 Å². The first kappa shape index (κ1) is 13.6. The summed E-state index contributed by atoms with van der Waals surface area (Å²) in [6.07, 6.45) is 2.46. The fraction of sp³-hybridized carbons (Fsp3) is 0.588. The number of hydrogen-bond acceptors (Lipinski definition) is 6. The number of hydrogen-bond donors (Lipinski definition) is 3. The standard InChI is InChI=1S/C17H21N3O3/c1-20-7-6-16-13-9-2-3-11(21)14(13)23-15(16)10(19-18)4-5-17(16,22)12(20)8-9/h2-3,12,15,21-22H,4-8,18H2,1H3/b19-10+/t12-,15+,16+,17-/m1/s1. The number of rotatable bonds is 0. The predicted octanol–water partition coefficient (Wildman–Crippen LogP) is 0.491. The second-order valence-corrected chi connectivity index (χ2v) is 7.41. The van der Waals surface area contributed by atoms with E-state index < -0.39 is 11.0 Å². The molecule has 4 N–H and O–H groups in total. The molecule has 4 aliphatic rings. The van der Waals surface area contributed by atoms with Crippen LogP contribution in [-0.4, -0.2) is 52.2 Å². The predicted molar refractivity (Wildman–Crippen MR) is 84.7 cm³/mol. The maximum absolute atomic E-state index is 11.8. The van der Waals surface area contributed by atoms with E-state index in [1.54, 1.807) is 6.07 Å². The average molecular weight is 315 g/mol. The Bertz CT molecular complexity index is 749. The van der Waals surface area contributed by atoms with Gasteiger partial charge in [-0.05, 0) is 50.9 Å². The highest BCUT2D eigenvalue weighted by molar-refractivity contribution is 5.94. The molecule has 2 aliphatic carbocycles. The zero-order valence-corrected chi connectivity index (χ0v) is 13.1. The lowest BCUT2D eigenvalue weighted by Gasteiger charge is -2.62. The fourth-order valence-corrected chi connectivity index (χ4v) is 5.68. The van der Waals surface area contributed by atoms with Gasteiger partial charge in [0.05, 0.1) is 16.7 Å². The minimum Gasteiger partial charge on any atom is -0.504 e. The van der Waals surface area contributed by atoms with Crippen molar-refractivity contribution in [3.63, 3.8) is 0 Å². The second kappa shape index (κ2) is 3.99. The van der Waals surface area contributed by atoms with Crippen molar-refractivity contribution in [3.05, 3.63) is 23.3 Å². The molecule has 2 aliphatic heterocycles. The van der Waals surface area contributed by atoms with Gasteiger partial charge in [-0.15, -0.1) is 0 Å². The summed E-state index contributed by atoms with van der Waals surface area (Å²) < 4.78 is 6.17. The Morgan fingerprint density at radius 3 is 3.00 bits per heavy atom. The molecule has 122 valence electrons. The van der Waals surface area contributed by atoms with Crippen LogP contribution in [0.15, 0.2) is 17.2 Å². The van der Waals surface area contributed by atoms with E-state index in [-0.39, 0.29) is 17.9 Å². The van der Waals surface area contributed by atoms with Crippen LogP contribution < -0.4 is 10.6 Å². The quantitative estimate of drug-likeness (QED) is 0.479. The molecule has 5 rings (SSSR count). The highest BCUT2D eigenvalue weighted by Crippen LogP contribution is 2.64. The van der Waals surface area contributed by atoms with Crippen LogP contribution in [0.1, 0.15) is 30.4 Å². The molecular formula is C17H21N3O3. The zero-order valence-electron chi connectivity index (χ0n) is 13.1. The van der Waals surface area contributed by atoms with E-state index >= 15 is 0 Å². The Morgan fingerprint density at radius 1 is 1.39 bits per heavy atom. The van der Waals surface area contributed by atoms with Crippen molar-refractivity contribution in [3.8, 4) is 11.5 Å². The first-order chi connectivity index (χ1) is 11.0. The normalized spacial score (nSPS) is 42.4. The van der Waals surface area contributed by atoms with Crippen molar-refractivity contribution >= 4 is 5.71 Å². The van der Waals surface area contributed by atoms with Crippen LogP contribution in [0, 0.1) is 0 Å². The van der Waals surface area contributed by atoms with Gasteiger partial charge < -0.3 is 25.7 Å². The van der Waals surface area contributed by atoms with Gasteiger partial charge >= 0.3 is 0 Å². The lowest BCUT2D eigenvalue weighted by molar-refractivity contribution is -0.160. The number of nitrogens with zero attached hydrogens (tertiary/aromatic N) is 2. The van der Waals surface area contributed by atoms with Gasteiger partial charge in [-0.25, -0.2) is 0 Å². The minimum atomic E-state index is -0.870. The van der Waals surface area contributed by atoms with Crippen LogP contribution in [0.25, 0.3) is 0 Å². The van der Waals surface area contributed by atoms with E-state index in [0.717, 1.165) is 30.7 Å². The van der Waals surface area contributed by atoms with Crippen molar-refractivity contribution in [1.82, 2.24) is 4.90 Å². The smallest absolute Gasteiger partial charge is 0.166 e. The maximum atomic E-state index is 11.8. The summed E-state index contributed by atoms with van der Waals surface area (Å²) in [6, 6.07) is 3.73. The highest BCUT2D eigenvalue weighted by Gasteiger charge is 2.72. The summed E-state index contributed by atoms with van der Waals surface area (Å²) >= 11 is 0. The van der Waals surface area contributed by atoms with E-state index in [2.05, 4.69) is 17.0 Å². The number of aromatic hydroxyl groups is 1. The molecular weight excluding hydrogens is 294 g/mol. The third kappa shape index (κ3) is 1.29. The van der Waals surface area contributed by atoms with Gasteiger partial charge in [0, 0.05) is 11.6 Å². The van der Waals surface area contributed by atoms with Gasteiger partial charge in [0.2, 0.25) is 0 Å². The molecule has 0 unspecified atom stereocenters. The monoisotopic (exact) mass is 315 g/mol. The van der Waals surface area contributed by atoms with Crippen molar-refractivity contribution in [2.75, 3.05) is 13.6 Å². The van der Waals surface area contributed by atoms with Crippen LogP contribution in [0.4, 0.5) is 0 Å². The van der Waals surface area contributed by atoms with Gasteiger partial charge in [0.15, 0.2) is 17.6 Å². The van der Waals surface area contributed by atoms with Crippen LogP contribution >= 0.6 is 0 Å². The van der Waals surface area contributed by atoms with E-state index in [1.165, 1.54) is 5.56 Å². The highest BCUT2D eigenvalue weighted by atomic mass is 16.5. The Hall–Kier alpha value is -1.79. The molecule has 0 radical (unpaired) electrons. The number of ether oxygens (including phenoxy) is 1. The lowest BCUT2D eigenvalue weighted by Crippen LogP contribution is -2.76. The summed E-state index contributed by atoms with van der Waals surface area (Å²) in [5, 5.41) is 26.1. The molecule has 2 bridgehead atoms. The SMILES string of the molecule is CN1CC[C@]23c4c5ccc(O)c4O[C@H]2/C(=N/N)CC[C@@]3(O)[C@H]1C5. The number of piperidine rings is 1. The molecule has 1 spiro atoms. The number of phenols is 1. The molecule has 1 aromatic carbocycles. The summed E-state index contributed by atoms with van der Waals surface area (Å²) in [7, 11) is 2.08. The molecule has 2 fully saturated rings. The zero-order chi connectivity index (χ0) is 16.0. The van der Waals surface area contributed by atoms with E-state index in [0.29, 0.717) is 18.6 Å². The second-order valence-electron chi connectivity index (χ2n) is 7.41. The molecule has 0 aromatic heterocycles. The van der Waals surface area contributed by atoms with Crippen molar-refractivity contribution in [1.29, 1.82) is 0 Å². The van der Waals surface area contributed by atoms with Crippen LogP contribution in [0.5, 0.6) is 11.5 Å². The number of likely N-dealkylation sites (tertiary alicyclic amines) is 1. The number of aliphatic hydroxyl groups is 1. The summed E-state index contributed by atoms with van der Waals surface area (Å²) in [5.74, 6) is 6.29. The number of nitrogens with two attached hydrogens (primary N) is 1. The number of benzene rings is 1. The Kier molecular flexibility index (Phi) is 2.37. The summed E-state index contributed by atoms with van der Waals surface area (Å²) in [4.78, 5) is 2.26. The minimum absolute atomic E-state index is 0.0599. The Balaban J connectivity index is 1.86. The van der Waals surface area contributed by atoms with E-state index in [9.17, 15) is 10.2 Å². The van der Waals surface area contributed by atoms with Gasteiger partial charge in [0.25, 0.3) is 0 Å². The molecule has 0 amide bonds. The molecule has 2 heterocycles. The average Bonchev–Trinajstić information content (AvgIpc) is 2.89. The molecule has 1 saturated heterocycles. The van der Waals surface area contributed by atoms with Crippen molar-refractivity contribution in [2.45, 2.75) is 48.8 Å². The molecule has 23 heavy (non-hydrogen) atoms. The number of hydrazone groups is 1. The van der Waals surface area contributed by atoms with E-state index in [4.69, 9.17) is 10.6 Å². The van der Waals surface area contributed by atoms with Gasteiger partial charge in [-0.2, -0.15) is 5.10 Å². The molecule has 6 nitrogen and oxygen atoms in total. The van der Waals surface area contributed by atoms with Crippen molar-refractivity contribution in [2.24, 2.45) is 10.9 Å². The Morgan fingerprint density at radius 2 is 2.22 bits per heavy atom. The first-order valence-electron chi connectivity index (χ1n) is 8.24. The fourth-order valence-electron chi connectivity index (χ4n) is 5.68. The number of phenolic OH excluding ortho intramolecular Hbond substituents is 1. The largest absolute Gasteiger partial charge is 0.504 e. The Labute approximate surface area is 134 Å². The van der Waals surface area contributed by atoms with Crippen LogP contribution in [-0.2, 0) is 11.8 Å². The summed E-state index contributed by atoms with van der Waals surface area (Å²) in [6.45, 7) is 0.888. The molecule has 1 aromatic rings. The van der Waals surface area contributed by atoms with E-state index in [1.807, 2.05) is 6.07 Å². The third-order valence-electron chi connectivity index (χ3n) is 6.71. The molecule has 1 saturated carbocycles. The first-order valence-corrected chi connectivity index (χ1v) is 8.24. The van der Waals surface area contributed by atoms with Crippen LogP contribution in [0.2, 0.25) is 0 Å². The molecule has 6 heteroatoms. The summed E-state index contributed by atoms with van der Waals surface area (Å²) in [5.41, 5.74) is 1.55. The maximum Gasteiger partial charge on any atom is 0.166 e. The van der Waals surface area contributed by atoms with Gasteiger partial charge in [0.1, 0.15) is 0 Å². The van der Waals surface area contributed by atoms with Crippen LogP contribution in [0.3, 0.4) is 0 Å². The van der Waals surface area contributed by atoms with Crippen molar-refractivity contribution < 1.29 is 14.9 Å².